The lowest BCUT2D eigenvalue weighted by Gasteiger charge is -2.05. The van der Waals surface area contributed by atoms with Crippen LogP contribution in [0.3, 0.4) is 0 Å². The lowest BCUT2D eigenvalue weighted by atomic mass is 10.1. The molecule has 1 heterocycles. The van der Waals surface area contributed by atoms with Gasteiger partial charge in [0.05, 0.1) is 17.2 Å². The lowest BCUT2D eigenvalue weighted by Crippen LogP contribution is -2.15. The second-order valence-corrected chi connectivity index (χ2v) is 6.55. The molecule has 0 bridgehead atoms. The molecule has 3 N–H and O–H groups in total. The van der Waals surface area contributed by atoms with Crippen LogP contribution in [0.2, 0.25) is 0 Å². The van der Waals surface area contributed by atoms with Gasteiger partial charge in [-0.25, -0.2) is 19.3 Å². The minimum Gasteiger partial charge on any atom is -0.323 e. The zero-order valence-corrected chi connectivity index (χ0v) is 15.6. The third kappa shape index (κ3) is 5.36. The Morgan fingerprint density at radius 3 is 2.75 bits per heavy atom. The SMILES string of the molecule is C/C(=N\Nc1nc(SCC(=O)Nc2ccc(F)cc2F)n[nH]1)c1ccccc1. The fourth-order valence-electron chi connectivity index (χ4n) is 2.15. The molecule has 0 saturated heterocycles. The van der Waals surface area contributed by atoms with Crippen molar-refractivity contribution < 1.29 is 13.6 Å². The number of thioether (sulfide) groups is 1. The standard InChI is InChI=1S/C18H16F2N6OS/c1-11(12-5-3-2-4-6-12)23-24-17-22-18(26-25-17)28-10-16(27)21-15-8-7-13(19)9-14(15)20/h2-9H,10H2,1H3,(H,21,27)(H2,22,24,25,26)/b23-11+. The van der Waals surface area contributed by atoms with Gasteiger partial charge in [-0.2, -0.15) is 10.1 Å². The number of hydrogen-bond acceptors (Lipinski definition) is 6. The van der Waals surface area contributed by atoms with Crippen molar-refractivity contribution in [2.75, 3.05) is 16.5 Å². The van der Waals surface area contributed by atoms with Gasteiger partial charge in [0.1, 0.15) is 11.6 Å². The zero-order chi connectivity index (χ0) is 19.9. The summed E-state index contributed by atoms with van der Waals surface area (Å²) in [7, 11) is 0. The molecule has 0 atom stereocenters. The average molecular weight is 402 g/mol. The Balaban J connectivity index is 1.51. The van der Waals surface area contributed by atoms with Crippen LogP contribution in [0, 0.1) is 11.6 Å². The summed E-state index contributed by atoms with van der Waals surface area (Å²) in [6, 6.07) is 12.6. The number of rotatable bonds is 7. The molecule has 7 nitrogen and oxygen atoms in total. The van der Waals surface area contributed by atoms with E-state index in [4.69, 9.17) is 0 Å². The summed E-state index contributed by atoms with van der Waals surface area (Å²) in [5, 5.41) is 13.5. The highest BCUT2D eigenvalue weighted by atomic mass is 32.2. The topological polar surface area (TPSA) is 95.1 Å². The number of nitrogens with zero attached hydrogens (tertiary/aromatic N) is 3. The van der Waals surface area contributed by atoms with Crippen LogP contribution in [-0.2, 0) is 4.79 Å². The van der Waals surface area contributed by atoms with E-state index in [2.05, 4.69) is 31.0 Å². The number of aromatic amines is 1. The van der Waals surface area contributed by atoms with Gasteiger partial charge in [-0.05, 0) is 24.6 Å². The molecule has 10 heteroatoms. The van der Waals surface area contributed by atoms with Crippen LogP contribution in [0.25, 0.3) is 0 Å². The van der Waals surface area contributed by atoms with Crippen molar-refractivity contribution in [3.8, 4) is 0 Å². The van der Waals surface area contributed by atoms with Gasteiger partial charge in [0.2, 0.25) is 17.0 Å². The Hall–Kier alpha value is -3.27. The first kappa shape index (κ1) is 19.5. The van der Waals surface area contributed by atoms with Crippen LogP contribution >= 0.6 is 11.8 Å². The highest BCUT2D eigenvalue weighted by molar-refractivity contribution is 7.99. The third-order valence-electron chi connectivity index (χ3n) is 3.52. The van der Waals surface area contributed by atoms with E-state index in [1.807, 2.05) is 37.3 Å². The first-order valence-corrected chi connectivity index (χ1v) is 9.15. The van der Waals surface area contributed by atoms with Crippen molar-refractivity contribution in [1.82, 2.24) is 15.2 Å². The molecule has 0 aliphatic rings. The number of carbonyl (C=O) groups is 1. The van der Waals surface area contributed by atoms with E-state index >= 15 is 0 Å². The Bertz CT molecular complexity index is 993. The summed E-state index contributed by atoms with van der Waals surface area (Å²) in [4.78, 5) is 16.1. The number of benzene rings is 2. The molecule has 1 amide bonds. The molecule has 0 radical (unpaired) electrons. The van der Waals surface area contributed by atoms with E-state index in [0.717, 1.165) is 35.2 Å². The smallest absolute Gasteiger partial charge is 0.240 e. The lowest BCUT2D eigenvalue weighted by molar-refractivity contribution is -0.113. The number of aromatic nitrogens is 3. The Morgan fingerprint density at radius 2 is 2.00 bits per heavy atom. The van der Waals surface area contributed by atoms with E-state index in [0.29, 0.717) is 17.2 Å². The van der Waals surface area contributed by atoms with Crippen LogP contribution in [0.4, 0.5) is 20.4 Å². The minimum absolute atomic E-state index is 0.0412. The van der Waals surface area contributed by atoms with Crippen LogP contribution in [0.5, 0.6) is 0 Å². The number of amides is 1. The van der Waals surface area contributed by atoms with Gasteiger partial charge in [0.25, 0.3) is 0 Å². The molecule has 2 aromatic carbocycles. The van der Waals surface area contributed by atoms with Crippen molar-refractivity contribution in [3.05, 3.63) is 65.7 Å². The summed E-state index contributed by atoms with van der Waals surface area (Å²) in [5.41, 5.74) is 4.41. The number of H-pyrrole nitrogens is 1. The maximum absolute atomic E-state index is 13.5. The minimum atomic E-state index is -0.839. The van der Waals surface area contributed by atoms with Crippen LogP contribution in [-0.4, -0.2) is 32.6 Å². The fourth-order valence-corrected chi connectivity index (χ4v) is 2.75. The number of hydrazone groups is 1. The largest absolute Gasteiger partial charge is 0.323 e. The highest BCUT2D eigenvalue weighted by Crippen LogP contribution is 2.17. The summed E-state index contributed by atoms with van der Waals surface area (Å²) < 4.78 is 26.4. The van der Waals surface area contributed by atoms with E-state index in [-0.39, 0.29) is 11.4 Å². The fraction of sp³-hybridized carbons (Fsp3) is 0.111. The monoisotopic (exact) mass is 402 g/mol. The van der Waals surface area contributed by atoms with E-state index in [9.17, 15) is 13.6 Å². The third-order valence-corrected chi connectivity index (χ3v) is 4.37. The first-order valence-electron chi connectivity index (χ1n) is 8.17. The molecule has 1 aromatic heterocycles. The van der Waals surface area contributed by atoms with Crippen LogP contribution in [0.15, 0.2) is 58.8 Å². The molecule has 3 aromatic rings. The van der Waals surface area contributed by atoms with Gasteiger partial charge in [0, 0.05) is 6.07 Å². The molecule has 0 spiro atoms. The van der Waals surface area contributed by atoms with Gasteiger partial charge >= 0.3 is 0 Å². The number of nitrogens with one attached hydrogen (secondary N) is 3. The molecule has 0 saturated carbocycles. The van der Waals surface area contributed by atoms with Gasteiger partial charge in [-0.1, -0.05) is 42.1 Å². The summed E-state index contributed by atoms with van der Waals surface area (Å²) >= 11 is 1.06. The van der Waals surface area contributed by atoms with Gasteiger partial charge < -0.3 is 5.32 Å². The number of halogens is 2. The Kier molecular flexibility index (Phi) is 6.33. The molecule has 28 heavy (non-hydrogen) atoms. The van der Waals surface area contributed by atoms with Gasteiger partial charge in [0.15, 0.2) is 0 Å². The van der Waals surface area contributed by atoms with Crippen molar-refractivity contribution in [2.45, 2.75) is 12.1 Å². The molecule has 0 unspecified atom stereocenters. The predicted molar refractivity (Wildman–Crippen MR) is 104 cm³/mol. The van der Waals surface area contributed by atoms with E-state index in [1.165, 1.54) is 0 Å². The van der Waals surface area contributed by atoms with Crippen LogP contribution < -0.4 is 10.7 Å². The highest BCUT2D eigenvalue weighted by Gasteiger charge is 2.11. The predicted octanol–water partition coefficient (Wildman–Crippen LogP) is 3.65. The molecule has 0 fully saturated rings. The second-order valence-electron chi connectivity index (χ2n) is 5.60. The van der Waals surface area contributed by atoms with Crippen molar-refractivity contribution in [1.29, 1.82) is 0 Å². The van der Waals surface area contributed by atoms with Crippen molar-refractivity contribution >= 4 is 35.0 Å². The van der Waals surface area contributed by atoms with Crippen molar-refractivity contribution in [3.63, 3.8) is 0 Å². The molecular weight excluding hydrogens is 386 g/mol. The number of carbonyl (C=O) groups excluding carboxylic acids is 1. The van der Waals surface area contributed by atoms with E-state index < -0.39 is 17.5 Å². The average Bonchev–Trinajstić information content (AvgIpc) is 3.15. The van der Waals surface area contributed by atoms with E-state index in [1.54, 1.807) is 0 Å². The van der Waals surface area contributed by atoms with Gasteiger partial charge in [-0.15, -0.1) is 5.10 Å². The Morgan fingerprint density at radius 1 is 1.21 bits per heavy atom. The number of anilines is 2. The van der Waals surface area contributed by atoms with Gasteiger partial charge in [-0.3, -0.25) is 4.79 Å². The maximum Gasteiger partial charge on any atom is 0.240 e. The van der Waals surface area contributed by atoms with Crippen LogP contribution in [0.1, 0.15) is 12.5 Å². The Labute approximate surface area is 163 Å². The molecule has 0 aliphatic carbocycles. The molecule has 3 rings (SSSR count). The summed E-state index contributed by atoms with van der Waals surface area (Å²) in [6.07, 6.45) is 0. The molecular formula is C18H16F2N6OS. The zero-order valence-electron chi connectivity index (χ0n) is 14.7. The first-order chi connectivity index (χ1) is 13.5. The molecule has 0 aliphatic heterocycles. The second kappa shape index (κ2) is 9.09. The quantitative estimate of drug-likeness (QED) is 0.319. The molecule has 144 valence electrons. The summed E-state index contributed by atoms with van der Waals surface area (Å²) in [5.74, 6) is -1.74. The maximum atomic E-state index is 13.5. The number of hydrogen-bond donors (Lipinski definition) is 3. The normalized spacial score (nSPS) is 11.3. The van der Waals surface area contributed by atoms with Crippen molar-refractivity contribution in [2.24, 2.45) is 5.10 Å². The summed E-state index contributed by atoms with van der Waals surface area (Å²) in [6.45, 7) is 1.85.